The highest BCUT2D eigenvalue weighted by molar-refractivity contribution is 6.41. The largest absolute Gasteiger partial charge is 0.396 e. The summed E-state index contributed by atoms with van der Waals surface area (Å²) >= 11 is 11.5. The summed E-state index contributed by atoms with van der Waals surface area (Å²) in [5.74, 6) is 9.63. The molecule has 1 aromatic rings. The maximum Gasteiger partial charge on any atom is 0.312 e. The van der Waals surface area contributed by atoms with Crippen molar-refractivity contribution in [2.24, 2.45) is 11.7 Å². The molecule has 0 saturated carbocycles. The molecule has 0 spiro atoms. The third kappa shape index (κ3) is 2.05. The highest BCUT2D eigenvalue weighted by Gasteiger charge is 2.23. The zero-order valence-electron chi connectivity index (χ0n) is 7.40. The molecule has 0 saturated heterocycles. The van der Waals surface area contributed by atoms with Crippen LogP contribution in [0.15, 0.2) is 0 Å². The Morgan fingerprint density at radius 2 is 1.87 bits per heavy atom. The fraction of sp³-hybridized carbons (Fsp3) is 0. The monoisotopic (exact) mass is 251 g/mol. The van der Waals surface area contributed by atoms with Crippen molar-refractivity contribution in [1.82, 2.24) is 5.43 Å². The van der Waals surface area contributed by atoms with E-state index in [1.165, 1.54) is 0 Å². The van der Waals surface area contributed by atoms with Crippen LogP contribution >= 0.6 is 23.2 Å². The van der Waals surface area contributed by atoms with Crippen molar-refractivity contribution >= 4 is 40.6 Å². The Labute approximate surface area is 94.8 Å². The zero-order chi connectivity index (χ0) is 11.6. The minimum Gasteiger partial charge on any atom is -0.396 e. The van der Waals surface area contributed by atoms with Crippen molar-refractivity contribution < 1.29 is 9.78 Å². The molecule has 9 N–H and O–H groups in total. The molecule has 9 heteroatoms. The van der Waals surface area contributed by atoms with Crippen LogP contribution in [0, 0.1) is 0 Å². The van der Waals surface area contributed by atoms with Gasteiger partial charge in [0.2, 0.25) is 5.69 Å². The van der Waals surface area contributed by atoms with Crippen LogP contribution in [0.25, 0.3) is 0 Å². The lowest BCUT2D eigenvalue weighted by Gasteiger charge is -2.06. The molecule has 1 amide bonds. The molecule has 0 radical (unpaired) electrons. The second-order valence-corrected chi connectivity index (χ2v) is 3.29. The lowest BCUT2D eigenvalue weighted by molar-refractivity contribution is -0.365. The van der Waals surface area contributed by atoms with Crippen molar-refractivity contribution in [3.63, 3.8) is 0 Å². The summed E-state index contributed by atoms with van der Waals surface area (Å²) in [6, 6.07) is 0. The van der Waals surface area contributed by atoms with E-state index in [0.717, 1.165) is 0 Å². The Morgan fingerprint density at radius 1 is 1.27 bits per heavy atom. The molecule has 0 aliphatic rings. The van der Waals surface area contributed by atoms with Gasteiger partial charge in [-0.05, 0) is 0 Å². The van der Waals surface area contributed by atoms with Gasteiger partial charge in [0.25, 0.3) is 0 Å². The Bertz CT molecular complexity index is 409. The number of hydrazine groups is 2. The van der Waals surface area contributed by atoms with E-state index in [9.17, 15) is 4.79 Å². The van der Waals surface area contributed by atoms with Gasteiger partial charge in [-0.1, -0.05) is 23.2 Å². The number of hydrogen-bond donors (Lipinski definition) is 5. The van der Waals surface area contributed by atoms with Crippen LogP contribution in [0.1, 0.15) is 10.5 Å². The number of amides is 1. The van der Waals surface area contributed by atoms with Gasteiger partial charge in [0, 0.05) is 0 Å². The summed E-state index contributed by atoms with van der Waals surface area (Å²) in [5, 5.41) is 0.0676. The highest BCUT2D eigenvalue weighted by atomic mass is 35.5. The molecule has 1 rings (SSSR count). The number of carbonyl (C=O) groups excluding carboxylic acids is 1. The van der Waals surface area contributed by atoms with Gasteiger partial charge in [-0.3, -0.25) is 10.2 Å². The molecule has 0 unspecified atom stereocenters. The molecule has 0 bridgehead atoms. The minimum atomic E-state index is -0.639. The molecule has 82 valence electrons. The number of rotatable bonds is 2. The van der Waals surface area contributed by atoms with E-state index in [-0.39, 0.29) is 27.2 Å². The summed E-state index contributed by atoms with van der Waals surface area (Å²) in [4.78, 5) is 13.8. The Kier molecular flexibility index (Phi) is 3.53. The maximum absolute atomic E-state index is 11.2. The van der Waals surface area contributed by atoms with Crippen LogP contribution < -0.4 is 33.3 Å². The van der Waals surface area contributed by atoms with E-state index < -0.39 is 5.91 Å². The molecule has 15 heavy (non-hydrogen) atoms. The molecule has 0 aliphatic heterocycles. The lowest BCUT2D eigenvalue weighted by atomic mass is 10.3. The third-order valence-corrected chi connectivity index (χ3v) is 2.45. The maximum atomic E-state index is 11.2. The number of pyridine rings is 1. The SMILES string of the molecule is NNC(=O)c1[nH+]c(NN)c(Cl)c(N)c1Cl. The van der Waals surface area contributed by atoms with Crippen LogP contribution in [0.3, 0.4) is 0 Å². The number of anilines is 2. The van der Waals surface area contributed by atoms with Crippen LogP contribution in [-0.2, 0) is 0 Å². The number of nitrogens with one attached hydrogen (secondary N) is 3. The number of hydrogen-bond acceptors (Lipinski definition) is 5. The normalized spacial score (nSPS) is 9.87. The number of carbonyl (C=O) groups is 1. The predicted octanol–water partition coefficient (Wildman–Crippen LogP) is -0.721. The molecular weight excluding hydrogens is 243 g/mol. The van der Waals surface area contributed by atoms with Gasteiger partial charge in [0.15, 0.2) is 5.02 Å². The summed E-state index contributed by atoms with van der Waals surface area (Å²) in [6.45, 7) is 0. The zero-order valence-corrected chi connectivity index (χ0v) is 8.91. The molecular formula is C6H9Cl2N6O+. The average Bonchev–Trinajstić information content (AvgIpc) is 2.25. The van der Waals surface area contributed by atoms with Gasteiger partial charge in [0.1, 0.15) is 5.02 Å². The second-order valence-electron chi connectivity index (χ2n) is 2.53. The standard InChI is InChI=1S/C6H8Cl2N6O/c7-1-3(9)2(8)5(13-10)12-4(1)6(15)14-11/h10-11H2,(H,14,15)(H3,9,12,13)/p+1. The van der Waals surface area contributed by atoms with Crippen LogP contribution in [0.2, 0.25) is 10.0 Å². The number of aromatic amines is 1. The van der Waals surface area contributed by atoms with Gasteiger partial charge < -0.3 is 5.73 Å². The average molecular weight is 252 g/mol. The van der Waals surface area contributed by atoms with Crippen molar-refractivity contribution in [2.75, 3.05) is 11.2 Å². The first-order valence-corrected chi connectivity index (χ1v) is 4.45. The highest BCUT2D eigenvalue weighted by Crippen LogP contribution is 2.31. The topological polar surface area (TPSA) is 133 Å². The quantitative estimate of drug-likeness (QED) is 0.269. The molecule has 0 atom stereocenters. The van der Waals surface area contributed by atoms with E-state index >= 15 is 0 Å². The number of halogens is 2. The first-order chi connectivity index (χ1) is 7.02. The first-order valence-electron chi connectivity index (χ1n) is 3.70. The second kappa shape index (κ2) is 4.49. The summed E-state index contributed by atoms with van der Waals surface area (Å²) in [5.41, 5.74) is 9.68. The Hall–Kier alpha value is -1.28. The van der Waals surface area contributed by atoms with Gasteiger partial charge in [-0.25, -0.2) is 10.8 Å². The van der Waals surface area contributed by atoms with Gasteiger partial charge >= 0.3 is 11.7 Å². The first kappa shape index (κ1) is 11.8. The van der Waals surface area contributed by atoms with E-state index in [1.54, 1.807) is 0 Å². The Morgan fingerprint density at radius 3 is 2.33 bits per heavy atom. The van der Waals surface area contributed by atoms with Crippen LogP contribution in [0.4, 0.5) is 11.5 Å². The van der Waals surface area contributed by atoms with E-state index in [0.29, 0.717) is 0 Å². The van der Waals surface area contributed by atoms with Gasteiger partial charge in [-0.15, -0.1) is 0 Å². The van der Waals surface area contributed by atoms with Crippen molar-refractivity contribution in [3.05, 3.63) is 15.7 Å². The smallest absolute Gasteiger partial charge is 0.312 e. The number of nitrogen functional groups attached to an aromatic ring is 3. The van der Waals surface area contributed by atoms with Crippen molar-refractivity contribution in [1.29, 1.82) is 0 Å². The van der Waals surface area contributed by atoms with Gasteiger partial charge in [0.05, 0.1) is 5.69 Å². The van der Waals surface area contributed by atoms with E-state index in [2.05, 4.69) is 10.4 Å². The van der Waals surface area contributed by atoms with E-state index in [4.69, 9.17) is 40.6 Å². The molecule has 0 aliphatic carbocycles. The molecule has 1 heterocycles. The van der Waals surface area contributed by atoms with Crippen molar-refractivity contribution in [3.8, 4) is 0 Å². The van der Waals surface area contributed by atoms with Gasteiger partial charge in [-0.2, -0.15) is 11.3 Å². The third-order valence-electron chi connectivity index (χ3n) is 1.66. The minimum absolute atomic E-state index is 0.0260. The van der Waals surface area contributed by atoms with E-state index in [1.807, 2.05) is 5.43 Å². The molecule has 7 nitrogen and oxygen atoms in total. The fourth-order valence-corrected chi connectivity index (χ4v) is 1.40. The number of H-pyrrole nitrogens is 1. The van der Waals surface area contributed by atoms with Crippen molar-refractivity contribution in [2.45, 2.75) is 0 Å². The summed E-state index contributed by atoms with van der Waals surface area (Å²) in [7, 11) is 0. The lowest BCUT2D eigenvalue weighted by Crippen LogP contribution is -2.36. The summed E-state index contributed by atoms with van der Waals surface area (Å²) in [6.07, 6.45) is 0. The summed E-state index contributed by atoms with van der Waals surface area (Å²) < 4.78 is 0. The molecule has 0 fully saturated rings. The van der Waals surface area contributed by atoms with Crippen LogP contribution in [-0.4, -0.2) is 5.91 Å². The molecule has 1 aromatic heterocycles. The van der Waals surface area contributed by atoms with Crippen LogP contribution in [0.5, 0.6) is 0 Å². The fourth-order valence-electron chi connectivity index (χ4n) is 0.928. The molecule has 0 aromatic carbocycles. The number of nitrogens with two attached hydrogens (primary N) is 3. The number of aromatic nitrogens is 1. The Balaban J connectivity index is 3.41. The predicted molar refractivity (Wildman–Crippen MR) is 56.9 cm³/mol.